The molecule has 0 aliphatic heterocycles. The Balaban J connectivity index is 1.31. The molecule has 0 N–H and O–H groups in total. The molecule has 214 valence electrons. The molecule has 0 saturated carbocycles. The van der Waals surface area contributed by atoms with Crippen LogP contribution in [-0.2, 0) is 5.41 Å². The largest absolute Gasteiger partial charge is 0.456 e. The van der Waals surface area contributed by atoms with E-state index in [-0.39, 0.29) is 5.41 Å². The third kappa shape index (κ3) is 3.96. The monoisotopic (exact) mass is 577 g/mol. The van der Waals surface area contributed by atoms with Crippen molar-refractivity contribution in [3.63, 3.8) is 0 Å². The molecule has 2 heteroatoms. The van der Waals surface area contributed by atoms with Crippen molar-refractivity contribution >= 4 is 49.8 Å². The lowest BCUT2D eigenvalue weighted by atomic mass is 9.82. The molecule has 7 aromatic carbocycles. The van der Waals surface area contributed by atoms with Crippen molar-refractivity contribution in [3.8, 4) is 22.3 Å². The highest BCUT2D eigenvalue weighted by atomic mass is 16.3. The van der Waals surface area contributed by atoms with Gasteiger partial charge in [0, 0.05) is 33.1 Å². The molecule has 0 unspecified atom stereocenters. The van der Waals surface area contributed by atoms with Crippen LogP contribution in [0.1, 0.15) is 25.0 Å². The van der Waals surface area contributed by atoms with Gasteiger partial charge in [0.25, 0.3) is 0 Å². The Labute approximate surface area is 262 Å². The number of para-hydroxylation sites is 1. The lowest BCUT2D eigenvalue weighted by molar-refractivity contribution is 0.660. The minimum absolute atomic E-state index is 0.0865. The van der Waals surface area contributed by atoms with E-state index in [1.165, 1.54) is 44.5 Å². The molecule has 0 amide bonds. The van der Waals surface area contributed by atoms with E-state index in [2.05, 4.69) is 158 Å². The molecular weight excluding hydrogens is 546 g/mol. The van der Waals surface area contributed by atoms with E-state index in [1.54, 1.807) is 0 Å². The van der Waals surface area contributed by atoms with Crippen LogP contribution in [0.15, 0.2) is 156 Å². The summed E-state index contributed by atoms with van der Waals surface area (Å²) in [6, 6.07) is 54.8. The summed E-state index contributed by atoms with van der Waals surface area (Å²) >= 11 is 0. The highest BCUT2D eigenvalue weighted by molar-refractivity contribution is 6.10. The minimum Gasteiger partial charge on any atom is -0.456 e. The Morgan fingerprint density at radius 1 is 0.489 bits per heavy atom. The van der Waals surface area contributed by atoms with Crippen molar-refractivity contribution in [3.05, 3.63) is 163 Å². The Hall–Kier alpha value is -5.60. The van der Waals surface area contributed by atoms with Gasteiger partial charge < -0.3 is 9.32 Å². The summed E-state index contributed by atoms with van der Waals surface area (Å²) in [5.74, 6) is 0. The molecular formula is C43H31NO. The second-order valence-electron chi connectivity index (χ2n) is 12.6. The van der Waals surface area contributed by atoms with E-state index < -0.39 is 0 Å². The van der Waals surface area contributed by atoms with Gasteiger partial charge in [-0.2, -0.15) is 0 Å². The van der Waals surface area contributed by atoms with Gasteiger partial charge in [-0.3, -0.25) is 0 Å². The first-order chi connectivity index (χ1) is 22.1. The molecule has 0 radical (unpaired) electrons. The molecule has 0 bridgehead atoms. The predicted octanol–water partition coefficient (Wildman–Crippen LogP) is 12.2. The third-order valence-electron chi connectivity index (χ3n) is 9.62. The molecule has 0 saturated heterocycles. The molecule has 45 heavy (non-hydrogen) atoms. The first-order valence-corrected chi connectivity index (χ1v) is 15.6. The number of nitrogens with zero attached hydrogens (tertiary/aromatic N) is 1. The molecule has 1 aliphatic carbocycles. The quantitative estimate of drug-likeness (QED) is 0.207. The van der Waals surface area contributed by atoms with Crippen molar-refractivity contribution in [2.45, 2.75) is 19.3 Å². The van der Waals surface area contributed by atoms with Crippen LogP contribution in [0.3, 0.4) is 0 Å². The molecule has 1 heterocycles. The fraction of sp³-hybridized carbons (Fsp3) is 0.0698. The number of hydrogen-bond donors (Lipinski definition) is 0. The summed E-state index contributed by atoms with van der Waals surface area (Å²) in [5.41, 5.74) is 12.9. The number of furan rings is 1. The van der Waals surface area contributed by atoms with Gasteiger partial charge in [-0.15, -0.1) is 0 Å². The smallest absolute Gasteiger partial charge is 0.136 e. The van der Waals surface area contributed by atoms with Crippen LogP contribution in [0.25, 0.3) is 55.0 Å². The maximum absolute atomic E-state index is 6.22. The van der Waals surface area contributed by atoms with Gasteiger partial charge in [0.2, 0.25) is 0 Å². The highest BCUT2D eigenvalue weighted by Crippen LogP contribution is 2.54. The van der Waals surface area contributed by atoms with E-state index >= 15 is 0 Å². The number of hydrogen-bond acceptors (Lipinski definition) is 2. The summed E-state index contributed by atoms with van der Waals surface area (Å²) in [5, 5.41) is 4.63. The van der Waals surface area contributed by atoms with E-state index in [4.69, 9.17) is 4.42 Å². The van der Waals surface area contributed by atoms with Gasteiger partial charge in [0.15, 0.2) is 0 Å². The molecule has 0 fully saturated rings. The number of benzene rings is 7. The Bertz CT molecular complexity index is 2410. The molecule has 0 spiro atoms. The number of anilines is 3. The second kappa shape index (κ2) is 9.70. The van der Waals surface area contributed by atoms with E-state index in [0.717, 1.165) is 38.7 Å². The van der Waals surface area contributed by atoms with Gasteiger partial charge in [-0.1, -0.05) is 117 Å². The maximum Gasteiger partial charge on any atom is 0.136 e. The summed E-state index contributed by atoms with van der Waals surface area (Å²) in [7, 11) is 0. The zero-order valence-corrected chi connectivity index (χ0v) is 25.3. The maximum atomic E-state index is 6.22. The minimum atomic E-state index is -0.0865. The van der Waals surface area contributed by atoms with Crippen LogP contribution in [0.5, 0.6) is 0 Å². The van der Waals surface area contributed by atoms with Crippen LogP contribution in [0.4, 0.5) is 17.1 Å². The van der Waals surface area contributed by atoms with Crippen LogP contribution in [0, 0.1) is 0 Å². The molecule has 9 rings (SSSR count). The van der Waals surface area contributed by atoms with E-state index in [1.807, 2.05) is 12.1 Å². The van der Waals surface area contributed by atoms with Gasteiger partial charge in [-0.25, -0.2) is 0 Å². The fourth-order valence-electron chi connectivity index (χ4n) is 7.40. The van der Waals surface area contributed by atoms with Crippen LogP contribution in [-0.4, -0.2) is 0 Å². The van der Waals surface area contributed by atoms with Crippen molar-refractivity contribution < 1.29 is 4.42 Å². The first-order valence-electron chi connectivity index (χ1n) is 15.6. The van der Waals surface area contributed by atoms with Crippen molar-refractivity contribution in [1.29, 1.82) is 0 Å². The van der Waals surface area contributed by atoms with Crippen molar-refractivity contribution in [2.75, 3.05) is 4.90 Å². The van der Waals surface area contributed by atoms with Crippen LogP contribution in [0.2, 0.25) is 0 Å². The lowest BCUT2D eigenvalue weighted by Gasteiger charge is -2.29. The van der Waals surface area contributed by atoms with Crippen LogP contribution >= 0.6 is 0 Å². The van der Waals surface area contributed by atoms with Crippen molar-refractivity contribution in [1.82, 2.24) is 0 Å². The summed E-state index contributed by atoms with van der Waals surface area (Å²) < 4.78 is 6.22. The number of rotatable bonds is 4. The molecule has 0 atom stereocenters. The Kier molecular flexibility index (Phi) is 5.58. The average Bonchev–Trinajstić information content (AvgIpc) is 3.56. The fourth-order valence-corrected chi connectivity index (χ4v) is 7.40. The SMILES string of the molecule is CC1(C)c2ccccc2-c2c(N(c3cccc(-c4ccccc4)c3)c3ccc4cc5oc6ccccc6c5cc4c3)cccc21. The molecule has 1 aliphatic rings. The van der Waals surface area contributed by atoms with E-state index in [0.29, 0.717) is 0 Å². The molecule has 2 nitrogen and oxygen atoms in total. The normalized spacial score (nSPS) is 13.3. The number of fused-ring (bicyclic) bond motifs is 7. The summed E-state index contributed by atoms with van der Waals surface area (Å²) in [4.78, 5) is 2.45. The molecule has 8 aromatic rings. The van der Waals surface area contributed by atoms with Crippen LogP contribution < -0.4 is 4.90 Å². The highest BCUT2D eigenvalue weighted by Gasteiger charge is 2.37. The third-order valence-corrected chi connectivity index (χ3v) is 9.62. The van der Waals surface area contributed by atoms with Gasteiger partial charge in [0.1, 0.15) is 11.2 Å². The van der Waals surface area contributed by atoms with Gasteiger partial charge >= 0.3 is 0 Å². The van der Waals surface area contributed by atoms with Gasteiger partial charge in [-0.05, 0) is 87.1 Å². The lowest BCUT2D eigenvalue weighted by Crippen LogP contribution is -2.16. The average molecular weight is 578 g/mol. The topological polar surface area (TPSA) is 16.4 Å². The Morgan fingerprint density at radius 2 is 1.22 bits per heavy atom. The van der Waals surface area contributed by atoms with Crippen molar-refractivity contribution in [2.24, 2.45) is 0 Å². The zero-order valence-electron chi connectivity index (χ0n) is 25.3. The summed E-state index contributed by atoms with van der Waals surface area (Å²) in [6.45, 7) is 4.69. The second-order valence-corrected chi connectivity index (χ2v) is 12.6. The van der Waals surface area contributed by atoms with Gasteiger partial charge in [0.05, 0.1) is 5.69 Å². The zero-order chi connectivity index (χ0) is 30.1. The predicted molar refractivity (Wildman–Crippen MR) is 189 cm³/mol. The Morgan fingerprint density at radius 3 is 2.13 bits per heavy atom. The summed E-state index contributed by atoms with van der Waals surface area (Å²) in [6.07, 6.45) is 0. The first kappa shape index (κ1) is 25.9. The standard InChI is InChI=1S/C43H31NO/c1-43(2)37-18-8-6-17-35(37)42-38(43)19-11-20-39(42)44(32-15-10-14-29(24-32)28-12-4-3-5-13-28)33-23-22-30-27-41-36(26-31(30)25-33)34-16-7-9-21-40(34)45-41/h3-27H,1-2H3. The molecule has 1 aromatic heterocycles. The van der Waals surface area contributed by atoms with E-state index in [9.17, 15) is 0 Å².